The Balaban J connectivity index is 1.92. The Morgan fingerprint density at radius 3 is 2.76 bits per heavy atom. The predicted octanol–water partition coefficient (Wildman–Crippen LogP) is 4.42. The van der Waals surface area contributed by atoms with Crippen LogP contribution in [0.1, 0.15) is 28.4 Å². The Morgan fingerprint density at radius 2 is 2.00 bits per heavy atom. The van der Waals surface area contributed by atoms with Gasteiger partial charge in [-0.15, -0.1) is 0 Å². The van der Waals surface area contributed by atoms with Gasteiger partial charge in [0.05, 0.1) is 10.2 Å². The zero-order valence-corrected chi connectivity index (χ0v) is 12.8. The average molecular weight is 296 g/mol. The molecule has 1 amide bonds. The van der Waals surface area contributed by atoms with E-state index in [1.54, 1.807) is 0 Å². The SMILES string of the molecule is CCc1cccc2sc(NC(=O)c3ccccc3C)nc12. The average Bonchev–Trinajstić information content (AvgIpc) is 2.89. The zero-order valence-electron chi connectivity index (χ0n) is 12.0. The van der Waals surface area contributed by atoms with Crippen LogP contribution in [0.3, 0.4) is 0 Å². The van der Waals surface area contributed by atoms with Gasteiger partial charge in [0.25, 0.3) is 5.91 Å². The Kier molecular flexibility index (Phi) is 3.71. The summed E-state index contributed by atoms with van der Waals surface area (Å²) in [4.78, 5) is 16.9. The summed E-state index contributed by atoms with van der Waals surface area (Å²) in [5.74, 6) is -0.106. The van der Waals surface area contributed by atoms with Crippen LogP contribution in [0.5, 0.6) is 0 Å². The Bertz CT molecular complexity index is 807. The third-order valence-corrected chi connectivity index (χ3v) is 4.43. The van der Waals surface area contributed by atoms with E-state index in [-0.39, 0.29) is 5.91 Å². The summed E-state index contributed by atoms with van der Waals surface area (Å²) in [6.45, 7) is 4.04. The van der Waals surface area contributed by atoms with E-state index in [0.29, 0.717) is 10.7 Å². The van der Waals surface area contributed by atoms with Crippen LogP contribution in [-0.2, 0) is 6.42 Å². The van der Waals surface area contributed by atoms with Gasteiger partial charge in [-0.05, 0) is 36.6 Å². The number of amides is 1. The number of aromatic nitrogens is 1. The second-order valence-electron chi connectivity index (χ2n) is 4.91. The number of para-hydroxylation sites is 1. The fourth-order valence-corrected chi connectivity index (χ4v) is 3.25. The molecule has 0 fully saturated rings. The summed E-state index contributed by atoms with van der Waals surface area (Å²) in [5, 5.41) is 3.56. The summed E-state index contributed by atoms with van der Waals surface area (Å²) in [6, 6.07) is 13.7. The molecule has 3 nitrogen and oxygen atoms in total. The third kappa shape index (κ3) is 2.67. The molecule has 3 rings (SSSR count). The van der Waals surface area contributed by atoms with Gasteiger partial charge in [-0.3, -0.25) is 10.1 Å². The van der Waals surface area contributed by atoms with E-state index in [4.69, 9.17) is 0 Å². The number of aryl methyl sites for hydroxylation is 2. The van der Waals surface area contributed by atoms with E-state index in [9.17, 15) is 4.79 Å². The predicted molar refractivity (Wildman–Crippen MR) is 88.1 cm³/mol. The molecule has 4 heteroatoms. The maximum absolute atomic E-state index is 12.3. The Hall–Kier alpha value is -2.20. The van der Waals surface area contributed by atoms with Gasteiger partial charge in [0, 0.05) is 5.56 Å². The van der Waals surface area contributed by atoms with Gasteiger partial charge in [0.2, 0.25) is 0 Å². The molecule has 0 aliphatic carbocycles. The number of carbonyl (C=O) groups excluding carboxylic acids is 1. The molecule has 1 N–H and O–H groups in total. The molecule has 0 saturated heterocycles. The highest BCUT2D eigenvalue weighted by molar-refractivity contribution is 7.22. The summed E-state index contributed by atoms with van der Waals surface area (Å²) in [5.41, 5.74) is 3.85. The number of carbonyl (C=O) groups is 1. The summed E-state index contributed by atoms with van der Waals surface area (Å²) >= 11 is 1.51. The van der Waals surface area contributed by atoms with Gasteiger partial charge in [0.1, 0.15) is 0 Å². The van der Waals surface area contributed by atoms with Crippen LogP contribution in [-0.4, -0.2) is 10.9 Å². The molecule has 0 spiro atoms. The van der Waals surface area contributed by atoms with Crippen molar-refractivity contribution < 1.29 is 4.79 Å². The summed E-state index contributed by atoms with van der Waals surface area (Å²) in [6.07, 6.45) is 0.937. The lowest BCUT2D eigenvalue weighted by molar-refractivity contribution is 0.102. The Labute approximate surface area is 127 Å². The normalized spacial score (nSPS) is 10.8. The number of thiazole rings is 1. The van der Waals surface area contributed by atoms with Crippen LogP contribution in [0, 0.1) is 6.92 Å². The van der Waals surface area contributed by atoms with Crippen LogP contribution in [0.25, 0.3) is 10.2 Å². The number of hydrogen-bond donors (Lipinski definition) is 1. The van der Waals surface area contributed by atoms with Gasteiger partial charge in [-0.1, -0.05) is 48.6 Å². The lowest BCUT2D eigenvalue weighted by atomic mass is 10.1. The quantitative estimate of drug-likeness (QED) is 0.777. The molecule has 3 aromatic rings. The van der Waals surface area contributed by atoms with E-state index in [1.165, 1.54) is 16.9 Å². The molecule has 0 saturated carbocycles. The molecule has 0 atom stereocenters. The van der Waals surface area contributed by atoms with Crippen molar-refractivity contribution in [1.82, 2.24) is 4.98 Å². The van der Waals surface area contributed by atoms with Crippen molar-refractivity contribution in [3.63, 3.8) is 0 Å². The molecule has 0 bridgehead atoms. The second kappa shape index (κ2) is 5.66. The fourth-order valence-electron chi connectivity index (χ4n) is 2.34. The number of hydrogen-bond acceptors (Lipinski definition) is 3. The highest BCUT2D eigenvalue weighted by Crippen LogP contribution is 2.28. The highest BCUT2D eigenvalue weighted by Gasteiger charge is 2.12. The maximum atomic E-state index is 12.3. The van der Waals surface area contributed by atoms with Crippen LogP contribution in [0.4, 0.5) is 5.13 Å². The van der Waals surface area contributed by atoms with Crippen molar-refractivity contribution in [3.05, 3.63) is 59.2 Å². The van der Waals surface area contributed by atoms with Gasteiger partial charge in [0.15, 0.2) is 5.13 Å². The first-order valence-electron chi connectivity index (χ1n) is 6.94. The number of rotatable bonds is 3. The maximum Gasteiger partial charge on any atom is 0.257 e. The third-order valence-electron chi connectivity index (χ3n) is 3.49. The monoisotopic (exact) mass is 296 g/mol. The van der Waals surface area contributed by atoms with Crippen molar-refractivity contribution in [1.29, 1.82) is 0 Å². The van der Waals surface area contributed by atoms with Crippen molar-refractivity contribution in [2.45, 2.75) is 20.3 Å². The van der Waals surface area contributed by atoms with Crippen LogP contribution < -0.4 is 5.32 Å². The standard InChI is InChI=1S/C17H16N2OS/c1-3-12-8-6-10-14-15(12)18-17(21-14)19-16(20)13-9-5-4-7-11(13)2/h4-10H,3H2,1-2H3,(H,18,19,20). The highest BCUT2D eigenvalue weighted by atomic mass is 32.1. The van der Waals surface area contributed by atoms with E-state index < -0.39 is 0 Å². The molecule has 0 unspecified atom stereocenters. The summed E-state index contributed by atoms with van der Waals surface area (Å²) < 4.78 is 1.11. The minimum absolute atomic E-state index is 0.106. The smallest absolute Gasteiger partial charge is 0.257 e. The summed E-state index contributed by atoms with van der Waals surface area (Å²) in [7, 11) is 0. The molecule has 21 heavy (non-hydrogen) atoms. The number of nitrogens with zero attached hydrogens (tertiary/aromatic N) is 1. The first kappa shape index (κ1) is 13.8. The van der Waals surface area contributed by atoms with E-state index in [2.05, 4.69) is 23.3 Å². The van der Waals surface area contributed by atoms with E-state index >= 15 is 0 Å². The molecular formula is C17H16N2OS. The van der Waals surface area contributed by atoms with Crippen molar-refractivity contribution in [3.8, 4) is 0 Å². The van der Waals surface area contributed by atoms with Crippen LogP contribution >= 0.6 is 11.3 Å². The number of nitrogens with one attached hydrogen (secondary N) is 1. The molecule has 0 aliphatic rings. The number of fused-ring (bicyclic) bond motifs is 1. The molecule has 1 heterocycles. The largest absolute Gasteiger partial charge is 0.298 e. The van der Waals surface area contributed by atoms with Gasteiger partial charge >= 0.3 is 0 Å². The van der Waals surface area contributed by atoms with E-state index in [0.717, 1.165) is 22.2 Å². The lowest BCUT2D eigenvalue weighted by Crippen LogP contribution is -2.12. The molecular weight excluding hydrogens is 280 g/mol. The molecule has 0 radical (unpaired) electrons. The number of benzene rings is 2. The topological polar surface area (TPSA) is 42.0 Å². The van der Waals surface area contributed by atoms with Crippen LogP contribution in [0.15, 0.2) is 42.5 Å². The van der Waals surface area contributed by atoms with Crippen molar-refractivity contribution in [2.24, 2.45) is 0 Å². The Morgan fingerprint density at radius 1 is 1.19 bits per heavy atom. The minimum Gasteiger partial charge on any atom is -0.298 e. The van der Waals surface area contributed by atoms with Crippen molar-refractivity contribution in [2.75, 3.05) is 5.32 Å². The molecule has 106 valence electrons. The first-order chi connectivity index (χ1) is 10.2. The lowest BCUT2D eigenvalue weighted by Gasteiger charge is -2.04. The zero-order chi connectivity index (χ0) is 14.8. The van der Waals surface area contributed by atoms with Crippen molar-refractivity contribution >= 4 is 32.6 Å². The van der Waals surface area contributed by atoms with Gasteiger partial charge in [-0.25, -0.2) is 4.98 Å². The first-order valence-corrected chi connectivity index (χ1v) is 7.76. The molecule has 0 aliphatic heterocycles. The van der Waals surface area contributed by atoms with Gasteiger partial charge in [-0.2, -0.15) is 0 Å². The molecule has 1 aromatic heterocycles. The second-order valence-corrected chi connectivity index (χ2v) is 5.94. The van der Waals surface area contributed by atoms with Gasteiger partial charge < -0.3 is 0 Å². The minimum atomic E-state index is -0.106. The van der Waals surface area contributed by atoms with Crippen LogP contribution in [0.2, 0.25) is 0 Å². The number of anilines is 1. The fraction of sp³-hybridized carbons (Fsp3) is 0.176. The molecule has 2 aromatic carbocycles. The van der Waals surface area contributed by atoms with E-state index in [1.807, 2.05) is 43.3 Å².